The number of halogens is 2. The molecule has 0 aromatic heterocycles. The van der Waals surface area contributed by atoms with Gasteiger partial charge in [-0.05, 0) is 18.2 Å². The molecule has 0 radical (unpaired) electrons. The lowest BCUT2D eigenvalue weighted by molar-refractivity contribution is 0.0998. The third-order valence-corrected chi connectivity index (χ3v) is 8.98. The molecule has 1 atom stereocenters. The van der Waals surface area contributed by atoms with Crippen LogP contribution in [0.2, 0.25) is 0 Å². The number of nitrogens with zero attached hydrogens (tertiary/aromatic N) is 1. The first kappa shape index (κ1) is 21.4. The van der Waals surface area contributed by atoms with Crippen LogP contribution in [-0.4, -0.2) is 68.6 Å². The summed E-state index contributed by atoms with van der Waals surface area (Å²) in [5.74, 6) is -4.32. The molecule has 1 aromatic rings. The fourth-order valence-electron chi connectivity index (χ4n) is 2.93. The predicted octanol–water partition coefficient (Wildman–Crippen LogP) is 0.258. The van der Waals surface area contributed by atoms with Crippen LogP contribution in [0.15, 0.2) is 28.0 Å². The van der Waals surface area contributed by atoms with Crippen molar-refractivity contribution >= 4 is 35.4 Å². The second kappa shape index (κ2) is 6.89. The first-order valence-corrected chi connectivity index (χ1v) is 13.6. The van der Waals surface area contributed by atoms with Gasteiger partial charge in [-0.25, -0.2) is 38.8 Å². The standard InChI is InChI=1S/C15H20F2N2O6S3/c1-26(20,21)12-2-3-13(19-4-6-27(22,23)7-5-19)14(8-12)28(24,25)18-10-11-9-15(11,16)17/h2-3,8,11,18H,4-7,9-10H2,1H3. The highest BCUT2D eigenvalue weighted by molar-refractivity contribution is 7.91. The van der Waals surface area contributed by atoms with E-state index in [1.165, 1.54) is 17.0 Å². The van der Waals surface area contributed by atoms with Gasteiger partial charge < -0.3 is 4.90 Å². The van der Waals surface area contributed by atoms with Crippen LogP contribution in [0.3, 0.4) is 0 Å². The normalized spacial score (nSPS) is 24.1. The van der Waals surface area contributed by atoms with Crippen LogP contribution in [-0.2, 0) is 29.7 Å². The Morgan fingerprint density at radius 2 is 1.75 bits per heavy atom. The zero-order valence-electron chi connectivity index (χ0n) is 14.9. The quantitative estimate of drug-likeness (QED) is 0.650. The number of alkyl halides is 2. The lowest BCUT2D eigenvalue weighted by Gasteiger charge is -2.30. The van der Waals surface area contributed by atoms with Crippen molar-refractivity contribution in [1.29, 1.82) is 0 Å². The van der Waals surface area contributed by atoms with Crippen LogP contribution in [0, 0.1) is 5.92 Å². The summed E-state index contributed by atoms with van der Waals surface area (Å²) in [4.78, 5) is 0.921. The van der Waals surface area contributed by atoms with Gasteiger partial charge in [0.15, 0.2) is 19.7 Å². The maximum atomic E-state index is 13.1. The SMILES string of the molecule is CS(=O)(=O)c1ccc(N2CCS(=O)(=O)CC2)c(S(=O)(=O)NCC2CC2(F)F)c1. The van der Waals surface area contributed by atoms with Gasteiger partial charge >= 0.3 is 0 Å². The monoisotopic (exact) mass is 458 g/mol. The van der Waals surface area contributed by atoms with E-state index in [0.29, 0.717) is 0 Å². The lowest BCUT2D eigenvalue weighted by Crippen LogP contribution is -2.41. The second-order valence-electron chi connectivity index (χ2n) is 7.05. The summed E-state index contributed by atoms with van der Waals surface area (Å²) in [6.07, 6.45) is 0.514. The second-order valence-corrected chi connectivity index (χ2v) is 13.1. The predicted molar refractivity (Wildman–Crippen MR) is 98.7 cm³/mol. The Balaban J connectivity index is 1.96. The molecule has 0 spiro atoms. The van der Waals surface area contributed by atoms with E-state index in [4.69, 9.17) is 0 Å². The molecule has 1 aromatic carbocycles. The van der Waals surface area contributed by atoms with Crippen molar-refractivity contribution in [3.8, 4) is 0 Å². The topological polar surface area (TPSA) is 118 Å². The molecule has 1 saturated heterocycles. The summed E-state index contributed by atoms with van der Waals surface area (Å²) >= 11 is 0. The van der Waals surface area contributed by atoms with Gasteiger partial charge in [0.25, 0.3) is 5.92 Å². The molecule has 0 bridgehead atoms. The molecule has 2 fully saturated rings. The molecule has 1 saturated carbocycles. The molecule has 13 heteroatoms. The molecule has 0 amide bonds. The van der Waals surface area contributed by atoms with Crippen LogP contribution in [0.4, 0.5) is 14.5 Å². The smallest absolute Gasteiger partial charge is 0.252 e. The van der Waals surface area contributed by atoms with Gasteiger partial charge in [-0.2, -0.15) is 0 Å². The number of sulfone groups is 2. The highest BCUT2D eigenvalue weighted by Gasteiger charge is 2.56. The molecule has 158 valence electrons. The largest absolute Gasteiger partial charge is 0.368 e. The first-order valence-electron chi connectivity index (χ1n) is 8.38. The third-order valence-electron chi connectivity index (χ3n) is 4.81. The van der Waals surface area contributed by atoms with Crippen molar-refractivity contribution in [2.45, 2.75) is 22.1 Å². The maximum absolute atomic E-state index is 13.1. The van der Waals surface area contributed by atoms with Crippen molar-refractivity contribution in [2.24, 2.45) is 5.92 Å². The Bertz CT molecular complexity index is 1090. The number of nitrogens with one attached hydrogen (secondary N) is 1. The van der Waals surface area contributed by atoms with E-state index >= 15 is 0 Å². The van der Waals surface area contributed by atoms with E-state index in [9.17, 15) is 34.0 Å². The highest BCUT2D eigenvalue weighted by atomic mass is 32.2. The number of rotatable bonds is 6. The molecule has 2 aliphatic rings. The minimum Gasteiger partial charge on any atom is -0.368 e. The van der Waals surface area contributed by atoms with Crippen molar-refractivity contribution in [1.82, 2.24) is 4.72 Å². The Morgan fingerprint density at radius 1 is 1.18 bits per heavy atom. The number of anilines is 1. The van der Waals surface area contributed by atoms with Gasteiger partial charge in [-0.15, -0.1) is 0 Å². The van der Waals surface area contributed by atoms with Gasteiger partial charge in [0.05, 0.1) is 22.1 Å². The van der Waals surface area contributed by atoms with Gasteiger partial charge in [-0.3, -0.25) is 0 Å². The molecule has 1 unspecified atom stereocenters. The van der Waals surface area contributed by atoms with Crippen LogP contribution in [0.1, 0.15) is 6.42 Å². The van der Waals surface area contributed by atoms with Crippen LogP contribution in [0.25, 0.3) is 0 Å². The molecule has 8 nitrogen and oxygen atoms in total. The van der Waals surface area contributed by atoms with Gasteiger partial charge in [0.2, 0.25) is 10.0 Å². The van der Waals surface area contributed by atoms with E-state index in [1.807, 2.05) is 0 Å². The van der Waals surface area contributed by atoms with Gasteiger partial charge in [0, 0.05) is 38.2 Å². The van der Waals surface area contributed by atoms with E-state index in [2.05, 4.69) is 4.72 Å². The Morgan fingerprint density at radius 3 is 2.25 bits per heavy atom. The first-order chi connectivity index (χ1) is 12.7. The Labute approximate surface area is 162 Å². The molecule has 1 aliphatic heterocycles. The van der Waals surface area contributed by atoms with E-state index < -0.39 is 54.5 Å². The van der Waals surface area contributed by atoms with Crippen LogP contribution < -0.4 is 9.62 Å². The summed E-state index contributed by atoms with van der Waals surface area (Å²) in [6, 6.07) is 3.51. The average molecular weight is 459 g/mol. The van der Waals surface area contributed by atoms with Crippen LogP contribution >= 0.6 is 0 Å². The van der Waals surface area contributed by atoms with E-state index in [-0.39, 0.29) is 40.1 Å². The summed E-state index contributed by atoms with van der Waals surface area (Å²) in [6.45, 7) is -0.375. The van der Waals surface area contributed by atoms with Gasteiger partial charge in [-0.1, -0.05) is 0 Å². The molecule has 28 heavy (non-hydrogen) atoms. The summed E-state index contributed by atoms with van der Waals surface area (Å²) in [5.41, 5.74) is 0.136. The molecule has 1 heterocycles. The maximum Gasteiger partial charge on any atom is 0.252 e. The number of hydrogen-bond acceptors (Lipinski definition) is 7. The fourth-order valence-corrected chi connectivity index (χ4v) is 6.19. The number of benzene rings is 1. The minimum absolute atomic E-state index is 0.0454. The number of hydrogen-bond donors (Lipinski definition) is 1. The summed E-state index contributed by atoms with van der Waals surface area (Å²) < 4.78 is 101. The van der Waals surface area contributed by atoms with Crippen molar-refractivity contribution in [2.75, 3.05) is 42.3 Å². The Hall–Kier alpha value is -1.31. The molecule has 1 aliphatic carbocycles. The molecule has 1 N–H and O–H groups in total. The number of sulfonamides is 1. The van der Waals surface area contributed by atoms with E-state index in [0.717, 1.165) is 12.3 Å². The summed E-state index contributed by atoms with van der Waals surface area (Å²) in [5, 5.41) is 0. The molecular formula is C15H20F2N2O6S3. The highest BCUT2D eigenvalue weighted by Crippen LogP contribution is 2.48. The van der Waals surface area contributed by atoms with Crippen molar-refractivity contribution in [3.05, 3.63) is 18.2 Å². The van der Waals surface area contributed by atoms with Gasteiger partial charge in [0.1, 0.15) is 4.90 Å². The van der Waals surface area contributed by atoms with Crippen molar-refractivity contribution < 1.29 is 34.0 Å². The van der Waals surface area contributed by atoms with E-state index in [1.54, 1.807) is 0 Å². The molecule has 3 rings (SSSR count). The zero-order chi connectivity index (χ0) is 21.0. The molecular weight excluding hydrogens is 438 g/mol. The minimum atomic E-state index is -4.30. The third kappa shape index (κ3) is 4.63. The average Bonchev–Trinajstić information content (AvgIpc) is 3.19. The fraction of sp³-hybridized carbons (Fsp3) is 0.600. The van der Waals surface area contributed by atoms with Crippen LogP contribution in [0.5, 0.6) is 0 Å². The van der Waals surface area contributed by atoms with Crippen molar-refractivity contribution in [3.63, 3.8) is 0 Å². The lowest BCUT2D eigenvalue weighted by atomic mass is 10.3. The Kier molecular flexibility index (Phi) is 5.26. The summed E-state index contributed by atoms with van der Waals surface area (Å²) in [7, 11) is -11.2. The zero-order valence-corrected chi connectivity index (χ0v) is 17.4.